The van der Waals surface area contributed by atoms with E-state index in [0.717, 1.165) is 23.6 Å². The van der Waals surface area contributed by atoms with Crippen LogP contribution < -0.4 is 10.1 Å². The Morgan fingerprint density at radius 1 is 0.882 bits per heavy atom. The van der Waals surface area contributed by atoms with Gasteiger partial charge < -0.3 is 15.2 Å². The first-order chi connectivity index (χ1) is 16.5. The smallest absolute Gasteiger partial charge is 0.307 e. The van der Waals surface area contributed by atoms with Gasteiger partial charge in [-0.2, -0.15) is 0 Å². The fourth-order valence-corrected chi connectivity index (χ4v) is 5.19. The predicted molar refractivity (Wildman–Crippen MR) is 128 cm³/mol. The van der Waals surface area contributed by atoms with Gasteiger partial charge in [-0.25, -0.2) is 0 Å². The van der Waals surface area contributed by atoms with Gasteiger partial charge in [0.15, 0.2) is 5.78 Å². The molecule has 0 saturated heterocycles. The van der Waals surface area contributed by atoms with Crippen LogP contribution in [-0.2, 0) is 4.79 Å². The van der Waals surface area contributed by atoms with Crippen molar-refractivity contribution in [3.8, 4) is 5.75 Å². The number of benzene rings is 3. The number of carboxylic acids is 1. The Balaban J connectivity index is 1.04. The lowest BCUT2D eigenvalue weighted by molar-refractivity contribution is -0.139. The summed E-state index contributed by atoms with van der Waals surface area (Å²) in [6, 6.07) is 20.6. The van der Waals surface area contributed by atoms with E-state index in [2.05, 4.69) is 5.32 Å². The van der Waals surface area contributed by atoms with Crippen LogP contribution in [0.4, 0.5) is 0 Å². The van der Waals surface area contributed by atoms with E-state index in [4.69, 9.17) is 9.84 Å². The average molecular weight is 458 g/mol. The van der Waals surface area contributed by atoms with E-state index in [1.165, 1.54) is 0 Å². The topological polar surface area (TPSA) is 92.7 Å². The summed E-state index contributed by atoms with van der Waals surface area (Å²) < 4.78 is 5.98. The standard InChI is InChI=1S/C28H27NO5/c30-25(6-3-13-29-27(31)20-8-7-17-4-1-2-5-19(17)14-20)18-9-11-21(12-10-18)34-22-15-23-24(16-22)26(23)28(32)33/h1-2,4-5,7-12,14,22-24,26H,3,6,13,15-16H2,(H,29,31)(H,32,33). The summed E-state index contributed by atoms with van der Waals surface area (Å²) in [4.78, 5) is 36.0. The number of aliphatic carboxylic acids is 1. The number of rotatable bonds is 9. The van der Waals surface area contributed by atoms with Crippen molar-refractivity contribution in [2.45, 2.75) is 31.8 Å². The second-order valence-corrected chi connectivity index (χ2v) is 9.27. The van der Waals surface area contributed by atoms with Crippen molar-refractivity contribution in [2.75, 3.05) is 6.54 Å². The van der Waals surface area contributed by atoms with Crippen LogP contribution in [0.15, 0.2) is 66.7 Å². The van der Waals surface area contributed by atoms with Crippen molar-refractivity contribution in [3.05, 3.63) is 77.9 Å². The molecule has 0 aromatic heterocycles. The Labute approximate surface area is 197 Å². The van der Waals surface area contributed by atoms with Crippen LogP contribution in [0.25, 0.3) is 10.8 Å². The molecule has 1 amide bonds. The van der Waals surface area contributed by atoms with Crippen molar-refractivity contribution in [2.24, 2.45) is 17.8 Å². The molecule has 2 N–H and O–H groups in total. The highest BCUT2D eigenvalue weighted by Crippen LogP contribution is 2.58. The third-order valence-electron chi connectivity index (χ3n) is 7.04. The van der Waals surface area contributed by atoms with E-state index in [1.54, 1.807) is 24.3 Å². The van der Waals surface area contributed by atoms with Gasteiger partial charge in [0.2, 0.25) is 0 Å². The average Bonchev–Trinajstić information content (AvgIpc) is 3.37. The Hall–Kier alpha value is -3.67. The predicted octanol–water partition coefficient (Wildman–Crippen LogP) is 4.72. The molecule has 34 heavy (non-hydrogen) atoms. The molecule has 0 aliphatic heterocycles. The molecule has 6 heteroatoms. The van der Waals surface area contributed by atoms with Crippen molar-refractivity contribution in [1.29, 1.82) is 0 Å². The molecule has 0 heterocycles. The van der Waals surface area contributed by atoms with Gasteiger partial charge >= 0.3 is 5.97 Å². The monoisotopic (exact) mass is 457 g/mol. The molecule has 3 aromatic carbocycles. The zero-order valence-corrected chi connectivity index (χ0v) is 18.8. The lowest BCUT2D eigenvalue weighted by Crippen LogP contribution is -2.24. The molecule has 2 aliphatic rings. The summed E-state index contributed by atoms with van der Waals surface area (Å²) in [6.45, 7) is 0.431. The van der Waals surface area contributed by atoms with Crippen molar-refractivity contribution >= 4 is 28.4 Å². The normalized spacial score (nSPS) is 22.7. The molecule has 0 radical (unpaired) electrons. The van der Waals surface area contributed by atoms with Gasteiger partial charge in [-0.1, -0.05) is 30.3 Å². The number of nitrogens with one attached hydrogen (secondary N) is 1. The summed E-state index contributed by atoms with van der Waals surface area (Å²) in [5, 5.41) is 14.1. The fraction of sp³-hybridized carbons (Fsp3) is 0.321. The molecular formula is C28H27NO5. The summed E-state index contributed by atoms with van der Waals surface area (Å²) in [5.41, 5.74) is 1.23. The van der Waals surface area contributed by atoms with Crippen LogP contribution >= 0.6 is 0 Å². The number of carbonyl (C=O) groups is 3. The highest BCUT2D eigenvalue weighted by Gasteiger charge is 2.60. The van der Waals surface area contributed by atoms with Crippen molar-refractivity contribution in [3.63, 3.8) is 0 Å². The van der Waals surface area contributed by atoms with Gasteiger partial charge in [0.1, 0.15) is 5.75 Å². The molecule has 2 saturated carbocycles. The number of fused-ring (bicyclic) bond motifs is 2. The third-order valence-corrected chi connectivity index (χ3v) is 7.04. The number of Topliss-reactive ketones (excluding diaryl/α,β-unsaturated/α-hetero) is 1. The second kappa shape index (κ2) is 9.29. The Kier molecular flexibility index (Phi) is 6.05. The van der Waals surface area contributed by atoms with Crippen LogP contribution in [0.5, 0.6) is 5.75 Å². The molecule has 0 bridgehead atoms. The van der Waals surface area contributed by atoms with E-state index >= 15 is 0 Å². The van der Waals surface area contributed by atoms with Crippen molar-refractivity contribution in [1.82, 2.24) is 5.32 Å². The first kappa shape index (κ1) is 22.1. The maximum absolute atomic E-state index is 12.5. The maximum atomic E-state index is 12.5. The molecule has 174 valence electrons. The molecule has 2 unspecified atom stereocenters. The van der Waals surface area contributed by atoms with Crippen LogP contribution in [-0.4, -0.2) is 35.4 Å². The highest BCUT2D eigenvalue weighted by molar-refractivity contribution is 5.99. The number of hydrogen-bond acceptors (Lipinski definition) is 4. The minimum absolute atomic E-state index is 0.0258. The Bertz CT molecular complexity index is 1220. The van der Waals surface area contributed by atoms with Crippen LogP contribution in [0.2, 0.25) is 0 Å². The number of carbonyl (C=O) groups excluding carboxylic acids is 2. The largest absolute Gasteiger partial charge is 0.490 e. The molecule has 2 fully saturated rings. The van der Waals surface area contributed by atoms with Gasteiger partial charge in [-0.05, 0) is 78.3 Å². The maximum Gasteiger partial charge on any atom is 0.307 e. The van der Waals surface area contributed by atoms with E-state index in [1.807, 2.05) is 42.5 Å². The number of ether oxygens (including phenoxy) is 1. The van der Waals surface area contributed by atoms with E-state index in [9.17, 15) is 14.4 Å². The Morgan fingerprint density at radius 3 is 2.26 bits per heavy atom. The van der Waals surface area contributed by atoms with Gasteiger partial charge in [-0.3, -0.25) is 14.4 Å². The number of hydrogen-bond donors (Lipinski definition) is 2. The number of ketones is 1. The lowest BCUT2D eigenvalue weighted by atomic mass is 10.1. The third kappa shape index (κ3) is 4.67. The molecule has 6 nitrogen and oxygen atoms in total. The fourth-order valence-electron chi connectivity index (χ4n) is 5.19. The van der Waals surface area contributed by atoms with Crippen LogP contribution in [0.3, 0.4) is 0 Å². The zero-order chi connectivity index (χ0) is 23.7. The quantitative estimate of drug-likeness (QED) is 0.358. The number of amides is 1. The van der Waals surface area contributed by atoms with Gasteiger partial charge in [0.05, 0.1) is 12.0 Å². The molecule has 0 spiro atoms. The molecule has 5 rings (SSSR count). The van der Waals surface area contributed by atoms with Crippen molar-refractivity contribution < 1.29 is 24.2 Å². The lowest BCUT2D eigenvalue weighted by Gasteiger charge is -2.16. The summed E-state index contributed by atoms with van der Waals surface area (Å²) in [6.07, 6.45) is 2.53. The molecule has 3 aromatic rings. The summed E-state index contributed by atoms with van der Waals surface area (Å²) in [7, 11) is 0. The number of carboxylic acid groups (broad SMARTS) is 1. The minimum atomic E-state index is -0.690. The van der Waals surface area contributed by atoms with Crippen LogP contribution in [0.1, 0.15) is 46.4 Å². The first-order valence-corrected chi connectivity index (χ1v) is 11.8. The SMILES string of the molecule is O=C(CCCNC(=O)c1ccc2ccccc2c1)c1ccc(OC2CC3C(C2)C3C(=O)O)cc1. The van der Waals surface area contributed by atoms with E-state index in [0.29, 0.717) is 36.3 Å². The Morgan fingerprint density at radius 2 is 1.56 bits per heavy atom. The highest BCUT2D eigenvalue weighted by atomic mass is 16.5. The first-order valence-electron chi connectivity index (χ1n) is 11.8. The summed E-state index contributed by atoms with van der Waals surface area (Å²) >= 11 is 0. The van der Waals surface area contributed by atoms with E-state index < -0.39 is 5.97 Å². The van der Waals surface area contributed by atoms with Gasteiger partial charge in [0, 0.05) is 24.1 Å². The molecule has 2 atom stereocenters. The van der Waals surface area contributed by atoms with Crippen LogP contribution in [0, 0.1) is 17.8 Å². The molecule has 2 aliphatic carbocycles. The zero-order valence-electron chi connectivity index (χ0n) is 18.8. The molecular weight excluding hydrogens is 430 g/mol. The van der Waals surface area contributed by atoms with E-state index in [-0.39, 0.29) is 35.5 Å². The second-order valence-electron chi connectivity index (χ2n) is 9.27. The van der Waals surface area contributed by atoms with Gasteiger partial charge in [0.25, 0.3) is 5.91 Å². The summed E-state index contributed by atoms with van der Waals surface area (Å²) in [5.74, 6) is 0.228. The van der Waals surface area contributed by atoms with Gasteiger partial charge in [-0.15, -0.1) is 0 Å². The minimum Gasteiger partial charge on any atom is -0.490 e.